The Morgan fingerprint density at radius 3 is 2.55 bits per heavy atom. The van der Waals surface area contributed by atoms with E-state index in [1.165, 1.54) is 6.92 Å². The second-order valence-corrected chi connectivity index (χ2v) is 7.50. The third-order valence-corrected chi connectivity index (χ3v) is 4.93. The van der Waals surface area contributed by atoms with Crippen LogP contribution in [0, 0.1) is 0 Å². The lowest BCUT2D eigenvalue weighted by atomic mass is 10.1. The quantitative estimate of drug-likeness (QED) is 0.859. The molecule has 0 unspecified atom stereocenters. The number of sulfone groups is 1. The van der Waals surface area contributed by atoms with E-state index in [1.54, 1.807) is 10.9 Å². The van der Waals surface area contributed by atoms with Crippen molar-refractivity contribution in [3.63, 3.8) is 0 Å². The number of carbonyl (C=O) groups is 1. The molecule has 1 atom stereocenters. The summed E-state index contributed by atoms with van der Waals surface area (Å²) in [6.45, 7) is 1.79. The highest BCUT2D eigenvalue weighted by atomic mass is 32.2. The monoisotopic (exact) mass is 321 g/mol. The molecule has 6 nitrogen and oxygen atoms in total. The molecule has 0 aliphatic rings. The maximum Gasteiger partial charge on any atom is 0.238 e. The van der Waals surface area contributed by atoms with Crippen LogP contribution in [0.5, 0.6) is 0 Å². The van der Waals surface area contributed by atoms with Crippen LogP contribution in [0.2, 0.25) is 0 Å². The minimum absolute atomic E-state index is 0.403. The van der Waals surface area contributed by atoms with Crippen LogP contribution in [0.1, 0.15) is 12.5 Å². The predicted octanol–water partition coefficient (Wildman–Crippen LogP) is 0.964. The SMILES string of the molecule is C[C@H](C(=O)NCCc1ccc(-n2cccn2)cc1)S(C)(=O)=O. The Hall–Kier alpha value is -2.15. The molecule has 0 spiro atoms. The molecule has 1 aromatic carbocycles. The summed E-state index contributed by atoms with van der Waals surface area (Å²) < 4.78 is 24.3. The normalized spacial score (nSPS) is 12.8. The van der Waals surface area contributed by atoms with Crippen molar-refractivity contribution in [2.45, 2.75) is 18.6 Å². The van der Waals surface area contributed by atoms with Crippen molar-refractivity contribution >= 4 is 15.7 Å². The van der Waals surface area contributed by atoms with Gasteiger partial charge in [-0.2, -0.15) is 5.10 Å². The van der Waals surface area contributed by atoms with Crippen LogP contribution in [-0.2, 0) is 21.1 Å². The average Bonchev–Trinajstić information content (AvgIpc) is 3.00. The number of benzene rings is 1. The van der Waals surface area contributed by atoms with E-state index in [9.17, 15) is 13.2 Å². The van der Waals surface area contributed by atoms with Crippen molar-refractivity contribution in [1.82, 2.24) is 15.1 Å². The van der Waals surface area contributed by atoms with Gasteiger partial charge in [0.25, 0.3) is 0 Å². The van der Waals surface area contributed by atoms with E-state index in [0.717, 1.165) is 17.5 Å². The molecule has 0 aliphatic heterocycles. The highest BCUT2D eigenvalue weighted by molar-refractivity contribution is 7.92. The molecular formula is C15H19N3O3S. The minimum atomic E-state index is -3.35. The fraction of sp³-hybridized carbons (Fsp3) is 0.333. The first-order chi connectivity index (χ1) is 10.4. The summed E-state index contributed by atoms with van der Waals surface area (Å²) in [5.41, 5.74) is 2.02. The van der Waals surface area contributed by atoms with E-state index in [2.05, 4.69) is 10.4 Å². The summed E-state index contributed by atoms with van der Waals surface area (Å²) in [5, 5.41) is 5.77. The molecule has 1 aromatic heterocycles. The van der Waals surface area contributed by atoms with E-state index in [0.29, 0.717) is 13.0 Å². The van der Waals surface area contributed by atoms with Gasteiger partial charge in [-0.3, -0.25) is 4.79 Å². The van der Waals surface area contributed by atoms with Gasteiger partial charge < -0.3 is 5.32 Å². The molecule has 118 valence electrons. The summed E-state index contributed by atoms with van der Waals surface area (Å²) in [4.78, 5) is 11.7. The first kappa shape index (κ1) is 16.2. The Bertz CT molecular complexity index is 722. The zero-order chi connectivity index (χ0) is 16.2. The molecule has 1 amide bonds. The lowest BCUT2D eigenvalue weighted by molar-refractivity contribution is -0.120. The van der Waals surface area contributed by atoms with Crippen LogP contribution in [0.15, 0.2) is 42.7 Å². The fourth-order valence-corrected chi connectivity index (χ4v) is 2.38. The van der Waals surface area contributed by atoms with Gasteiger partial charge in [-0.05, 0) is 37.1 Å². The Morgan fingerprint density at radius 1 is 1.32 bits per heavy atom. The third kappa shape index (κ3) is 4.17. The van der Waals surface area contributed by atoms with Crippen LogP contribution in [-0.4, -0.2) is 42.2 Å². The second-order valence-electron chi connectivity index (χ2n) is 5.13. The van der Waals surface area contributed by atoms with Crippen molar-refractivity contribution in [3.8, 4) is 5.69 Å². The first-order valence-corrected chi connectivity index (χ1v) is 8.89. The topological polar surface area (TPSA) is 81.1 Å². The van der Waals surface area contributed by atoms with Gasteiger partial charge in [0.1, 0.15) is 5.25 Å². The number of carbonyl (C=O) groups excluding carboxylic acids is 1. The molecule has 22 heavy (non-hydrogen) atoms. The van der Waals surface area contributed by atoms with Crippen molar-refractivity contribution in [2.75, 3.05) is 12.8 Å². The number of amides is 1. The fourth-order valence-electron chi connectivity index (χ4n) is 1.91. The smallest absolute Gasteiger partial charge is 0.238 e. The molecule has 0 saturated carbocycles. The number of rotatable bonds is 6. The highest BCUT2D eigenvalue weighted by Gasteiger charge is 2.22. The maximum atomic E-state index is 11.7. The summed E-state index contributed by atoms with van der Waals surface area (Å²) in [5.74, 6) is -0.462. The van der Waals surface area contributed by atoms with Crippen LogP contribution in [0.4, 0.5) is 0 Å². The zero-order valence-electron chi connectivity index (χ0n) is 12.6. The van der Waals surface area contributed by atoms with Gasteiger partial charge >= 0.3 is 0 Å². The Kier molecular flexibility index (Phi) is 4.97. The standard InChI is InChI=1S/C15H19N3O3S/c1-12(22(2,20)21)15(19)16-10-8-13-4-6-14(7-5-13)18-11-3-9-17-18/h3-7,9,11-12H,8,10H2,1-2H3,(H,16,19)/t12-/m1/s1. The maximum absolute atomic E-state index is 11.7. The molecule has 1 N–H and O–H groups in total. The van der Waals surface area contributed by atoms with Gasteiger partial charge in [-0.25, -0.2) is 13.1 Å². The van der Waals surface area contributed by atoms with Gasteiger partial charge in [0.15, 0.2) is 9.84 Å². The van der Waals surface area contributed by atoms with Crippen molar-refractivity contribution in [3.05, 3.63) is 48.3 Å². The second kappa shape index (κ2) is 6.74. The van der Waals surface area contributed by atoms with Gasteiger partial charge in [0.2, 0.25) is 5.91 Å². The molecular weight excluding hydrogens is 302 g/mol. The van der Waals surface area contributed by atoms with E-state index in [1.807, 2.05) is 36.5 Å². The van der Waals surface area contributed by atoms with Gasteiger partial charge in [0, 0.05) is 25.2 Å². The average molecular weight is 321 g/mol. The highest BCUT2D eigenvalue weighted by Crippen LogP contribution is 2.09. The van der Waals surface area contributed by atoms with E-state index >= 15 is 0 Å². The van der Waals surface area contributed by atoms with Crippen molar-refractivity contribution in [1.29, 1.82) is 0 Å². The lowest BCUT2D eigenvalue weighted by Crippen LogP contribution is -2.38. The first-order valence-electron chi connectivity index (χ1n) is 6.93. The summed E-state index contributed by atoms with van der Waals surface area (Å²) in [7, 11) is -3.35. The van der Waals surface area contributed by atoms with E-state index in [-0.39, 0.29) is 0 Å². The number of aromatic nitrogens is 2. The number of hydrogen-bond donors (Lipinski definition) is 1. The van der Waals surface area contributed by atoms with Crippen molar-refractivity contribution in [2.24, 2.45) is 0 Å². The van der Waals surface area contributed by atoms with Crippen LogP contribution in [0.3, 0.4) is 0 Å². The number of nitrogens with zero attached hydrogens (tertiary/aromatic N) is 2. The largest absolute Gasteiger partial charge is 0.355 e. The van der Waals surface area contributed by atoms with Crippen molar-refractivity contribution < 1.29 is 13.2 Å². The number of hydrogen-bond acceptors (Lipinski definition) is 4. The third-order valence-electron chi connectivity index (χ3n) is 3.43. The lowest BCUT2D eigenvalue weighted by Gasteiger charge is -2.10. The predicted molar refractivity (Wildman–Crippen MR) is 84.6 cm³/mol. The van der Waals surface area contributed by atoms with Gasteiger partial charge in [-0.15, -0.1) is 0 Å². The Morgan fingerprint density at radius 2 is 2.00 bits per heavy atom. The molecule has 0 radical (unpaired) electrons. The van der Waals surface area contributed by atoms with E-state index in [4.69, 9.17) is 0 Å². The van der Waals surface area contributed by atoms with Crippen LogP contribution in [0.25, 0.3) is 5.69 Å². The van der Waals surface area contributed by atoms with Gasteiger partial charge in [-0.1, -0.05) is 12.1 Å². The summed E-state index contributed by atoms with van der Waals surface area (Å²) in [6, 6.07) is 9.67. The molecule has 0 bridgehead atoms. The molecule has 0 saturated heterocycles. The molecule has 0 fully saturated rings. The van der Waals surface area contributed by atoms with Gasteiger partial charge in [0.05, 0.1) is 5.69 Å². The van der Waals surface area contributed by atoms with Crippen LogP contribution >= 0.6 is 0 Å². The zero-order valence-corrected chi connectivity index (χ0v) is 13.4. The summed E-state index contributed by atoms with van der Waals surface area (Å²) >= 11 is 0. The Balaban J connectivity index is 1.86. The number of nitrogens with one attached hydrogen (secondary N) is 1. The van der Waals surface area contributed by atoms with Crippen LogP contribution < -0.4 is 5.32 Å². The molecule has 7 heteroatoms. The molecule has 2 aromatic rings. The molecule has 0 aliphatic carbocycles. The van der Waals surface area contributed by atoms with E-state index < -0.39 is 21.0 Å². The molecule has 1 heterocycles. The molecule has 2 rings (SSSR count). The summed E-state index contributed by atoms with van der Waals surface area (Å²) in [6.07, 6.45) is 5.28. The minimum Gasteiger partial charge on any atom is -0.355 e. The Labute approximate surface area is 130 Å².